The molecule has 1 aliphatic rings. The predicted molar refractivity (Wildman–Crippen MR) is 137 cm³/mol. The number of nitro groups is 1. The Morgan fingerprint density at radius 2 is 1.75 bits per heavy atom. The molecular weight excluding hydrogens is 458 g/mol. The summed E-state index contributed by atoms with van der Waals surface area (Å²) in [5, 5.41) is 14.0. The highest BCUT2D eigenvalue weighted by Crippen LogP contribution is 2.44. The first kappa shape index (κ1) is 23.6. The van der Waals surface area contributed by atoms with Crippen molar-refractivity contribution in [1.29, 1.82) is 0 Å². The van der Waals surface area contributed by atoms with Gasteiger partial charge in [-0.05, 0) is 69.7 Å². The number of hydroxylamine groups is 1. The standard InChI is InChI=1S/C28H27N3O5/c1-18-10-15-23-22(16-18)25-24(29(23)27(32)36-28(2,3)4)17-35-30(20-8-6-5-7-9-20)26(25)19-11-13-21(14-12-19)31(33)34/h5-16,26H,17H2,1-4H3. The molecule has 0 saturated carbocycles. The molecule has 8 nitrogen and oxygen atoms in total. The van der Waals surface area contributed by atoms with Crippen LogP contribution in [0.4, 0.5) is 16.2 Å². The lowest BCUT2D eigenvalue weighted by atomic mass is 9.93. The molecular formula is C28H27N3O5. The van der Waals surface area contributed by atoms with Gasteiger partial charge in [-0.15, -0.1) is 0 Å². The van der Waals surface area contributed by atoms with E-state index in [1.807, 2.05) is 75.2 Å². The Morgan fingerprint density at radius 1 is 1.06 bits per heavy atom. The summed E-state index contributed by atoms with van der Waals surface area (Å²) in [5.41, 5.74) is 4.34. The van der Waals surface area contributed by atoms with Gasteiger partial charge in [-0.2, -0.15) is 0 Å². The van der Waals surface area contributed by atoms with Crippen LogP contribution in [-0.4, -0.2) is 21.2 Å². The van der Waals surface area contributed by atoms with Gasteiger partial charge in [0.05, 0.1) is 21.8 Å². The smallest absolute Gasteiger partial charge is 0.419 e. The van der Waals surface area contributed by atoms with Crippen LogP contribution in [0, 0.1) is 17.0 Å². The molecule has 1 aliphatic heterocycles. The monoisotopic (exact) mass is 485 g/mol. The van der Waals surface area contributed by atoms with Crippen LogP contribution in [0.3, 0.4) is 0 Å². The number of non-ortho nitro benzene ring substituents is 1. The van der Waals surface area contributed by atoms with Gasteiger partial charge in [-0.1, -0.05) is 29.8 Å². The maximum absolute atomic E-state index is 13.4. The zero-order valence-electron chi connectivity index (χ0n) is 20.6. The number of hydrogen-bond acceptors (Lipinski definition) is 6. The number of nitrogens with zero attached hydrogens (tertiary/aromatic N) is 3. The Hall–Kier alpha value is -4.17. The van der Waals surface area contributed by atoms with Gasteiger partial charge in [0.25, 0.3) is 5.69 Å². The lowest BCUT2D eigenvalue weighted by Crippen LogP contribution is -2.36. The summed E-state index contributed by atoms with van der Waals surface area (Å²) >= 11 is 0. The highest BCUT2D eigenvalue weighted by Gasteiger charge is 2.37. The van der Waals surface area contributed by atoms with E-state index in [4.69, 9.17) is 9.57 Å². The van der Waals surface area contributed by atoms with E-state index in [9.17, 15) is 14.9 Å². The molecule has 4 aromatic rings. The molecule has 8 heteroatoms. The number of hydrogen-bond donors (Lipinski definition) is 0. The van der Waals surface area contributed by atoms with Gasteiger partial charge in [0.2, 0.25) is 0 Å². The van der Waals surface area contributed by atoms with Crippen LogP contribution in [0.25, 0.3) is 10.9 Å². The van der Waals surface area contributed by atoms with Gasteiger partial charge < -0.3 is 4.74 Å². The molecule has 1 aromatic heterocycles. The van der Waals surface area contributed by atoms with E-state index in [2.05, 4.69) is 6.07 Å². The Labute approximate surface area is 208 Å². The summed E-state index contributed by atoms with van der Waals surface area (Å²) in [6.45, 7) is 7.66. The first-order valence-corrected chi connectivity index (χ1v) is 11.7. The van der Waals surface area contributed by atoms with Crippen molar-refractivity contribution in [2.45, 2.75) is 45.9 Å². The fourth-order valence-electron chi connectivity index (χ4n) is 4.65. The number of benzene rings is 3. The molecule has 0 radical (unpaired) electrons. The summed E-state index contributed by atoms with van der Waals surface area (Å²) < 4.78 is 7.35. The average molecular weight is 486 g/mol. The third-order valence-electron chi connectivity index (χ3n) is 6.12. The molecule has 0 N–H and O–H groups in total. The molecule has 5 rings (SSSR count). The van der Waals surface area contributed by atoms with Gasteiger partial charge in [0.1, 0.15) is 18.2 Å². The molecule has 36 heavy (non-hydrogen) atoms. The van der Waals surface area contributed by atoms with E-state index in [0.29, 0.717) is 5.69 Å². The molecule has 0 spiro atoms. The molecule has 0 fully saturated rings. The summed E-state index contributed by atoms with van der Waals surface area (Å²) in [6.07, 6.45) is -0.475. The third-order valence-corrected chi connectivity index (χ3v) is 6.12. The first-order valence-electron chi connectivity index (χ1n) is 11.7. The van der Waals surface area contributed by atoms with E-state index >= 15 is 0 Å². The molecule has 0 aliphatic carbocycles. The largest absolute Gasteiger partial charge is 0.443 e. The van der Waals surface area contributed by atoms with Crippen molar-refractivity contribution in [3.63, 3.8) is 0 Å². The highest BCUT2D eigenvalue weighted by molar-refractivity contribution is 5.95. The van der Waals surface area contributed by atoms with Crippen LogP contribution < -0.4 is 5.06 Å². The second-order valence-electron chi connectivity index (χ2n) is 9.88. The number of fused-ring (bicyclic) bond motifs is 3. The third kappa shape index (κ3) is 4.20. The molecule has 0 amide bonds. The van der Waals surface area contributed by atoms with Crippen molar-refractivity contribution in [2.24, 2.45) is 0 Å². The predicted octanol–water partition coefficient (Wildman–Crippen LogP) is 6.68. The van der Waals surface area contributed by atoms with Crippen LogP contribution in [0.15, 0.2) is 72.8 Å². The van der Waals surface area contributed by atoms with Crippen molar-refractivity contribution in [1.82, 2.24) is 4.57 Å². The number of carbonyl (C=O) groups excluding carboxylic acids is 1. The normalized spacial score (nSPS) is 15.6. The van der Waals surface area contributed by atoms with Crippen molar-refractivity contribution >= 4 is 28.4 Å². The van der Waals surface area contributed by atoms with Crippen molar-refractivity contribution in [2.75, 3.05) is 5.06 Å². The quantitative estimate of drug-likeness (QED) is 0.238. The van der Waals surface area contributed by atoms with Crippen LogP contribution >= 0.6 is 0 Å². The molecule has 3 aromatic carbocycles. The number of aromatic nitrogens is 1. The molecule has 184 valence electrons. The SMILES string of the molecule is Cc1ccc2c(c1)c1c(n2C(=O)OC(C)(C)C)CON(c2ccccc2)C1c1ccc([N+](=O)[O-])cc1. The van der Waals surface area contributed by atoms with Crippen LogP contribution in [0.2, 0.25) is 0 Å². The molecule has 1 unspecified atom stereocenters. The fourth-order valence-corrected chi connectivity index (χ4v) is 4.65. The highest BCUT2D eigenvalue weighted by atomic mass is 16.7. The van der Waals surface area contributed by atoms with Gasteiger partial charge in [-0.25, -0.2) is 14.4 Å². The number of nitro benzene ring substituents is 1. The maximum atomic E-state index is 13.4. The number of rotatable bonds is 3. The second-order valence-corrected chi connectivity index (χ2v) is 9.88. The molecule has 2 heterocycles. The fraction of sp³-hybridized carbons (Fsp3) is 0.250. The number of aryl methyl sites for hydroxylation is 1. The first-order chi connectivity index (χ1) is 17.1. The van der Waals surface area contributed by atoms with E-state index in [1.54, 1.807) is 16.7 Å². The van der Waals surface area contributed by atoms with Crippen molar-refractivity contribution in [3.8, 4) is 0 Å². The Morgan fingerprint density at radius 3 is 2.39 bits per heavy atom. The minimum absolute atomic E-state index is 0.00832. The van der Waals surface area contributed by atoms with E-state index in [0.717, 1.165) is 33.3 Å². The Kier molecular flexibility index (Phi) is 5.76. The summed E-state index contributed by atoms with van der Waals surface area (Å²) in [6, 6.07) is 21.6. The Bertz CT molecular complexity index is 1450. The second kappa shape index (κ2) is 8.80. The lowest BCUT2D eigenvalue weighted by Gasteiger charge is -2.37. The van der Waals surface area contributed by atoms with Crippen LogP contribution in [0.1, 0.15) is 49.2 Å². The number of carbonyl (C=O) groups is 1. The summed E-state index contributed by atoms with van der Waals surface area (Å²) in [4.78, 5) is 30.6. The van der Waals surface area contributed by atoms with Crippen LogP contribution in [-0.2, 0) is 16.2 Å². The van der Waals surface area contributed by atoms with E-state index in [-0.39, 0.29) is 12.3 Å². The van der Waals surface area contributed by atoms with Crippen molar-refractivity contribution < 1.29 is 19.3 Å². The number of para-hydroxylation sites is 1. The topological polar surface area (TPSA) is 86.8 Å². The number of ether oxygens (including phenoxy) is 1. The van der Waals surface area contributed by atoms with E-state index in [1.165, 1.54) is 12.1 Å². The number of anilines is 1. The zero-order chi connectivity index (χ0) is 25.6. The van der Waals surface area contributed by atoms with E-state index < -0.39 is 22.7 Å². The minimum Gasteiger partial charge on any atom is -0.443 e. The van der Waals surface area contributed by atoms with Gasteiger partial charge in [0, 0.05) is 23.1 Å². The van der Waals surface area contributed by atoms with Crippen molar-refractivity contribution in [3.05, 3.63) is 105 Å². The molecule has 0 saturated heterocycles. The van der Waals surface area contributed by atoms with Crippen LogP contribution in [0.5, 0.6) is 0 Å². The minimum atomic E-state index is -0.672. The zero-order valence-corrected chi connectivity index (χ0v) is 20.6. The average Bonchev–Trinajstić information content (AvgIpc) is 3.17. The van der Waals surface area contributed by atoms with Gasteiger partial charge in [0.15, 0.2) is 0 Å². The lowest BCUT2D eigenvalue weighted by molar-refractivity contribution is -0.384. The van der Waals surface area contributed by atoms with Gasteiger partial charge in [-0.3, -0.25) is 15.0 Å². The molecule has 0 bridgehead atoms. The Balaban J connectivity index is 1.77. The van der Waals surface area contributed by atoms with Gasteiger partial charge >= 0.3 is 6.09 Å². The summed E-state index contributed by atoms with van der Waals surface area (Å²) in [5.74, 6) is 0. The summed E-state index contributed by atoms with van der Waals surface area (Å²) in [7, 11) is 0. The molecule has 1 atom stereocenters. The maximum Gasteiger partial charge on any atom is 0.419 e.